The molecule has 1 unspecified atom stereocenters. The smallest absolute Gasteiger partial charge is 0.137 e. The van der Waals surface area contributed by atoms with Gasteiger partial charge in [-0.2, -0.15) is 0 Å². The molecule has 3 nitrogen and oxygen atoms in total. The second-order valence-electron chi connectivity index (χ2n) is 5.27. The van der Waals surface area contributed by atoms with Crippen LogP contribution in [0.2, 0.25) is 0 Å². The molecule has 0 bridgehead atoms. The van der Waals surface area contributed by atoms with Gasteiger partial charge in [0, 0.05) is 11.9 Å². The Morgan fingerprint density at radius 3 is 2.57 bits per heavy atom. The van der Waals surface area contributed by atoms with Gasteiger partial charge in [-0.25, -0.2) is 9.97 Å². The molecule has 2 aromatic carbocycles. The Hall–Kier alpha value is -2.42. The summed E-state index contributed by atoms with van der Waals surface area (Å²) in [7, 11) is 0. The van der Waals surface area contributed by atoms with Crippen molar-refractivity contribution in [3.63, 3.8) is 0 Å². The van der Waals surface area contributed by atoms with E-state index < -0.39 is 0 Å². The summed E-state index contributed by atoms with van der Waals surface area (Å²) in [5.74, 6) is 1.45. The number of nitrogens with zero attached hydrogens (tertiary/aromatic N) is 2. The fraction of sp³-hybridized carbons (Fsp3) is 0.222. The molecule has 0 saturated heterocycles. The van der Waals surface area contributed by atoms with Crippen molar-refractivity contribution in [3.05, 3.63) is 66.5 Å². The largest absolute Gasteiger partial charge is 0.369 e. The van der Waals surface area contributed by atoms with E-state index in [2.05, 4.69) is 58.6 Å². The van der Waals surface area contributed by atoms with E-state index in [9.17, 15) is 0 Å². The van der Waals surface area contributed by atoms with Crippen LogP contribution >= 0.6 is 0 Å². The first-order valence-corrected chi connectivity index (χ1v) is 7.33. The van der Waals surface area contributed by atoms with Crippen molar-refractivity contribution < 1.29 is 0 Å². The highest BCUT2D eigenvalue weighted by molar-refractivity contribution is 5.88. The summed E-state index contributed by atoms with van der Waals surface area (Å²) in [5.41, 5.74) is 2.36. The van der Waals surface area contributed by atoms with E-state index in [1.807, 2.05) is 18.2 Å². The van der Waals surface area contributed by atoms with E-state index in [0.29, 0.717) is 5.92 Å². The Bertz CT molecular complexity index is 704. The van der Waals surface area contributed by atoms with Gasteiger partial charge in [-0.3, -0.25) is 0 Å². The van der Waals surface area contributed by atoms with Gasteiger partial charge in [0.1, 0.15) is 12.1 Å². The SMILES string of the molecule is CC(CCNc1ncnc2ccccc12)c1ccccc1. The van der Waals surface area contributed by atoms with Crippen LogP contribution in [0, 0.1) is 0 Å². The van der Waals surface area contributed by atoms with Crippen molar-refractivity contribution in [2.75, 3.05) is 11.9 Å². The molecule has 0 aliphatic rings. The Morgan fingerprint density at radius 1 is 0.952 bits per heavy atom. The molecular formula is C18H19N3. The second-order valence-corrected chi connectivity index (χ2v) is 5.27. The first-order valence-electron chi connectivity index (χ1n) is 7.33. The molecule has 0 amide bonds. The predicted molar refractivity (Wildman–Crippen MR) is 87.5 cm³/mol. The number of benzene rings is 2. The summed E-state index contributed by atoms with van der Waals surface area (Å²) in [5, 5.41) is 4.51. The van der Waals surface area contributed by atoms with Gasteiger partial charge < -0.3 is 5.32 Å². The zero-order valence-corrected chi connectivity index (χ0v) is 12.2. The quantitative estimate of drug-likeness (QED) is 0.758. The summed E-state index contributed by atoms with van der Waals surface area (Å²) in [4.78, 5) is 8.64. The molecule has 0 fully saturated rings. The van der Waals surface area contributed by atoms with E-state index in [1.54, 1.807) is 6.33 Å². The minimum Gasteiger partial charge on any atom is -0.369 e. The molecule has 1 atom stereocenters. The fourth-order valence-electron chi connectivity index (χ4n) is 2.50. The first-order chi connectivity index (χ1) is 10.3. The number of anilines is 1. The van der Waals surface area contributed by atoms with Crippen LogP contribution in [0.5, 0.6) is 0 Å². The minimum atomic E-state index is 0.534. The van der Waals surface area contributed by atoms with E-state index in [-0.39, 0.29) is 0 Å². The predicted octanol–water partition coefficient (Wildman–Crippen LogP) is 4.24. The summed E-state index contributed by atoms with van der Waals surface area (Å²) < 4.78 is 0. The minimum absolute atomic E-state index is 0.534. The number of hydrogen-bond donors (Lipinski definition) is 1. The zero-order valence-electron chi connectivity index (χ0n) is 12.2. The van der Waals surface area contributed by atoms with Crippen LogP contribution in [-0.4, -0.2) is 16.5 Å². The average molecular weight is 277 g/mol. The van der Waals surface area contributed by atoms with Crippen molar-refractivity contribution in [2.45, 2.75) is 19.3 Å². The second kappa shape index (κ2) is 6.35. The molecule has 3 heteroatoms. The maximum absolute atomic E-state index is 4.35. The highest BCUT2D eigenvalue weighted by atomic mass is 15.0. The van der Waals surface area contributed by atoms with Crippen LogP contribution in [0.25, 0.3) is 10.9 Å². The van der Waals surface area contributed by atoms with E-state index in [0.717, 1.165) is 29.7 Å². The van der Waals surface area contributed by atoms with E-state index in [4.69, 9.17) is 0 Å². The fourth-order valence-corrected chi connectivity index (χ4v) is 2.50. The zero-order chi connectivity index (χ0) is 14.5. The third kappa shape index (κ3) is 3.19. The van der Waals surface area contributed by atoms with Gasteiger partial charge in [0.15, 0.2) is 0 Å². The Morgan fingerprint density at radius 2 is 1.71 bits per heavy atom. The van der Waals surface area contributed by atoms with Crippen molar-refractivity contribution >= 4 is 16.7 Å². The lowest BCUT2D eigenvalue weighted by Crippen LogP contribution is -2.07. The van der Waals surface area contributed by atoms with E-state index in [1.165, 1.54) is 5.56 Å². The van der Waals surface area contributed by atoms with Gasteiger partial charge in [-0.05, 0) is 30.0 Å². The van der Waals surface area contributed by atoms with Crippen LogP contribution in [0.15, 0.2) is 60.9 Å². The Kier molecular flexibility index (Phi) is 4.10. The van der Waals surface area contributed by atoms with Crippen LogP contribution < -0.4 is 5.32 Å². The molecule has 0 radical (unpaired) electrons. The monoisotopic (exact) mass is 277 g/mol. The van der Waals surface area contributed by atoms with Crippen LogP contribution in [0.1, 0.15) is 24.8 Å². The molecule has 1 aromatic heterocycles. The van der Waals surface area contributed by atoms with Gasteiger partial charge >= 0.3 is 0 Å². The third-order valence-corrected chi connectivity index (χ3v) is 3.78. The molecule has 0 aliphatic heterocycles. The van der Waals surface area contributed by atoms with E-state index >= 15 is 0 Å². The van der Waals surface area contributed by atoms with Crippen molar-refractivity contribution in [1.82, 2.24) is 9.97 Å². The number of nitrogens with one attached hydrogen (secondary N) is 1. The van der Waals surface area contributed by atoms with Gasteiger partial charge in [-0.15, -0.1) is 0 Å². The number of rotatable bonds is 5. The van der Waals surface area contributed by atoms with Gasteiger partial charge in [0.25, 0.3) is 0 Å². The van der Waals surface area contributed by atoms with Gasteiger partial charge in [0.2, 0.25) is 0 Å². The number of para-hydroxylation sites is 1. The first kappa shape index (κ1) is 13.6. The molecule has 1 N–H and O–H groups in total. The highest BCUT2D eigenvalue weighted by Gasteiger charge is 2.06. The molecule has 106 valence electrons. The molecule has 21 heavy (non-hydrogen) atoms. The summed E-state index contributed by atoms with van der Waals surface area (Å²) in [6.45, 7) is 3.16. The van der Waals surface area contributed by atoms with Crippen molar-refractivity contribution in [2.24, 2.45) is 0 Å². The maximum Gasteiger partial charge on any atom is 0.137 e. The molecule has 3 aromatic rings. The summed E-state index contributed by atoms with van der Waals surface area (Å²) in [6.07, 6.45) is 2.69. The Balaban J connectivity index is 1.65. The molecule has 1 heterocycles. The lowest BCUT2D eigenvalue weighted by atomic mass is 9.98. The molecule has 0 spiro atoms. The number of aromatic nitrogens is 2. The molecule has 3 rings (SSSR count). The van der Waals surface area contributed by atoms with Crippen LogP contribution in [0.3, 0.4) is 0 Å². The molecule has 0 saturated carbocycles. The average Bonchev–Trinajstić information content (AvgIpc) is 2.56. The van der Waals surface area contributed by atoms with Crippen LogP contribution in [-0.2, 0) is 0 Å². The Labute approximate surface area is 125 Å². The highest BCUT2D eigenvalue weighted by Crippen LogP contribution is 2.21. The lowest BCUT2D eigenvalue weighted by molar-refractivity contribution is 0.705. The lowest BCUT2D eigenvalue weighted by Gasteiger charge is -2.13. The summed E-state index contributed by atoms with van der Waals surface area (Å²) in [6, 6.07) is 18.7. The number of hydrogen-bond acceptors (Lipinski definition) is 3. The maximum atomic E-state index is 4.35. The standard InChI is InChI=1S/C18H19N3/c1-14(15-7-3-2-4-8-15)11-12-19-18-16-9-5-6-10-17(16)20-13-21-18/h2-10,13-14H,11-12H2,1H3,(H,19,20,21). The van der Waals surface area contributed by atoms with Gasteiger partial charge in [0.05, 0.1) is 5.52 Å². The number of fused-ring (bicyclic) bond motifs is 1. The van der Waals surface area contributed by atoms with Gasteiger partial charge in [-0.1, -0.05) is 49.4 Å². The van der Waals surface area contributed by atoms with Crippen LogP contribution in [0.4, 0.5) is 5.82 Å². The van der Waals surface area contributed by atoms with Crippen molar-refractivity contribution in [1.29, 1.82) is 0 Å². The molecular weight excluding hydrogens is 258 g/mol. The normalized spacial score (nSPS) is 12.2. The van der Waals surface area contributed by atoms with Crippen molar-refractivity contribution in [3.8, 4) is 0 Å². The molecule has 0 aliphatic carbocycles. The third-order valence-electron chi connectivity index (χ3n) is 3.78. The summed E-state index contributed by atoms with van der Waals surface area (Å²) >= 11 is 0. The topological polar surface area (TPSA) is 37.8 Å².